The Hall–Kier alpha value is -3.57. The second-order valence-corrected chi connectivity index (χ2v) is 13.9. The van der Waals surface area contributed by atoms with Gasteiger partial charge in [0.2, 0.25) is 21.8 Å². The summed E-state index contributed by atoms with van der Waals surface area (Å²) in [4.78, 5) is 29.0. The highest BCUT2D eigenvalue weighted by Crippen LogP contribution is 2.32. The first-order valence-corrected chi connectivity index (χ1v) is 16.2. The van der Waals surface area contributed by atoms with Crippen LogP contribution in [0.25, 0.3) is 0 Å². The number of hydrogen-bond acceptors (Lipinski definition) is 4. The Labute approximate surface area is 262 Å². The Morgan fingerprint density at radius 1 is 0.909 bits per heavy atom. The molecule has 0 saturated heterocycles. The second-order valence-electron chi connectivity index (χ2n) is 11.6. The average Bonchev–Trinajstić information content (AvgIpc) is 2.92. The van der Waals surface area contributed by atoms with E-state index in [0.29, 0.717) is 5.02 Å². The van der Waals surface area contributed by atoms with Crippen LogP contribution in [0, 0.1) is 0 Å². The van der Waals surface area contributed by atoms with Gasteiger partial charge < -0.3 is 10.2 Å². The molecule has 0 aliphatic carbocycles. The summed E-state index contributed by atoms with van der Waals surface area (Å²) in [5.74, 6) is -0.771. The number of nitrogens with zero attached hydrogens (tertiary/aromatic N) is 2. The van der Waals surface area contributed by atoms with Crippen LogP contribution < -0.4 is 9.62 Å². The lowest BCUT2D eigenvalue weighted by atomic mass is 10.00. The van der Waals surface area contributed by atoms with E-state index in [1.165, 1.54) is 11.0 Å². The molecule has 0 unspecified atom stereocenters. The van der Waals surface area contributed by atoms with Gasteiger partial charge in [0, 0.05) is 36.5 Å². The highest BCUT2D eigenvalue weighted by molar-refractivity contribution is 7.92. The third-order valence-corrected chi connectivity index (χ3v) is 8.10. The van der Waals surface area contributed by atoms with Crippen molar-refractivity contribution in [3.63, 3.8) is 0 Å². The van der Waals surface area contributed by atoms with Crippen LogP contribution in [-0.2, 0) is 38.8 Å². The smallest absolute Gasteiger partial charge is 0.350 e. The molecule has 0 bridgehead atoms. The third kappa shape index (κ3) is 10.6. The van der Waals surface area contributed by atoms with Gasteiger partial charge in [0.1, 0.15) is 6.04 Å². The normalized spacial score (nSPS) is 12.8. The molecule has 1 atom stereocenters. The standard InChI is InChI=1S/C32H37ClF3N3O4S/c1-31(2,3)37-30(41)28(20-23-10-6-5-7-11-23)38(22-24-15-17-26(33)18-16-24)29(40)14-9-19-39(44(4,42)43)27-13-8-12-25(21-27)32(34,35)36/h5-8,10-13,15-18,21,28H,9,14,19-20,22H2,1-4H3,(H,37,41)/t28-/m1/s1. The van der Waals surface area contributed by atoms with Gasteiger partial charge in [0.25, 0.3) is 0 Å². The summed E-state index contributed by atoms with van der Waals surface area (Å²) < 4.78 is 66.0. The summed E-state index contributed by atoms with van der Waals surface area (Å²) >= 11 is 6.06. The molecular formula is C32H37ClF3N3O4S. The summed E-state index contributed by atoms with van der Waals surface area (Å²) in [7, 11) is -3.98. The zero-order valence-electron chi connectivity index (χ0n) is 25.1. The van der Waals surface area contributed by atoms with E-state index in [-0.39, 0.29) is 43.9 Å². The van der Waals surface area contributed by atoms with Crippen molar-refractivity contribution in [2.24, 2.45) is 0 Å². The van der Waals surface area contributed by atoms with Gasteiger partial charge >= 0.3 is 6.18 Å². The average molecular weight is 652 g/mol. The maximum absolute atomic E-state index is 13.9. The van der Waals surface area contributed by atoms with Crippen molar-refractivity contribution in [2.45, 2.75) is 64.3 Å². The SMILES string of the molecule is CC(C)(C)NC(=O)[C@@H](Cc1ccccc1)N(Cc1ccc(Cl)cc1)C(=O)CCCN(c1cccc(C(F)(F)F)c1)S(C)(=O)=O. The predicted octanol–water partition coefficient (Wildman–Crippen LogP) is 6.46. The van der Waals surface area contributed by atoms with E-state index in [9.17, 15) is 31.2 Å². The molecule has 0 aliphatic rings. The quantitative estimate of drug-likeness (QED) is 0.244. The number of rotatable bonds is 12. The molecule has 12 heteroatoms. The van der Waals surface area contributed by atoms with Gasteiger partial charge in [-0.3, -0.25) is 13.9 Å². The van der Waals surface area contributed by atoms with E-state index in [4.69, 9.17) is 11.6 Å². The highest BCUT2D eigenvalue weighted by Gasteiger charge is 2.33. The van der Waals surface area contributed by atoms with Crippen LogP contribution in [0.15, 0.2) is 78.9 Å². The van der Waals surface area contributed by atoms with Crippen molar-refractivity contribution >= 4 is 39.1 Å². The molecule has 0 saturated carbocycles. The molecule has 0 aliphatic heterocycles. The molecule has 0 radical (unpaired) electrons. The lowest BCUT2D eigenvalue weighted by molar-refractivity contribution is -0.142. The molecule has 3 rings (SSSR count). The zero-order chi connectivity index (χ0) is 32.7. The molecule has 0 aromatic heterocycles. The van der Waals surface area contributed by atoms with Gasteiger partial charge in [-0.05, 0) is 68.7 Å². The van der Waals surface area contributed by atoms with E-state index < -0.39 is 39.3 Å². The highest BCUT2D eigenvalue weighted by atomic mass is 35.5. The molecule has 3 aromatic carbocycles. The van der Waals surface area contributed by atoms with Crippen LogP contribution in [-0.4, -0.2) is 49.5 Å². The molecule has 0 heterocycles. The van der Waals surface area contributed by atoms with E-state index in [1.807, 2.05) is 51.1 Å². The van der Waals surface area contributed by atoms with Gasteiger partial charge in [-0.25, -0.2) is 8.42 Å². The number of carbonyl (C=O) groups excluding carboxylic acids is 2. The number of nitrogens with one attached hydrogen (secondary N) is 1. The van der Waals surface area contributed by atoms with Crippen LogP contribution in [0.5, 0.6) is 0 Å². The molecule has 0 fully saturated rings. The lowest BCUT2D eigenvalue weighted by Crippen LogP contribution is -2.54. The summed E-state index contributed by atoms with van der Waals surface area (Å²) in [5, 5.41) is 3.48. The number of amides is 2. The van der Waals surface area contributed by atoms with E-state index in [0.717, 1.165) is 39.9 Å². The Morgan fingerprint density at radius 3 is 2.11 bits per heavy atom. The number of halogens is 4. The topological polar surface area (TPSA) is 86.8 Å². The summed E-state index contributed by atoms with van der Waals surface area (Å²) in [5.41, 5.74) is -0.154. The summed E-state index contributed by atoms with van der Waals surface area (Å²) in [6.45, 7) is 5.35. The zero-order valence-corrected chi connectivity index (χ0v) is 26.6. The van der Waals surface area contributed by atoms with Crippen molar-refractivity contribution in [2.75, 3.05) is 17.1 Å². The first-order valence-electron chi connectivity index (χ1n) is 14.0. The van der Waals surface area contributed by atoms with Crippen LogP contribution >= 0.6 is 11.6 Å². The second kappa shape index (κ2) is 14.5. The largest absolute Gasteiger partial charge is 0.416 e. The lowest BCUT2D eigenvalue weighted by Gasteiger charge is -2.34. The van der Waals surface area contributed by atoms with Crippen molar-refractivity contribution < 1.29 is 31.2 Å². The number of hydrogen-bond donors (Lipinski definition) is 1. The van der Waals surface area contributed by atoms with Crippen molar-refractivity contribution in [3.05, 3.63) is 101 Å². The molecule has 238 valence electrons. The first-order chi connectivity index (χ1) is 20.4. The van der Waals surface area contributed by atoms with Crippen molar-refractivity contribution in [1.29, 1.82) is 0 Å². The van der Waals surface area contributed by atoms with E-state index in [2.05, 4.69) is 5.32 Å². The Bertz CT molecular complexity index is 1530. The molecule has 1 N–H and O–H groups in total. The first kappa shape index (κ1) is 34.9. The molecule has 2 amide bonds. The minimum absolute atomic E-state index is 0.00177. The molecular weight excluding hydrogens is 615 g/mol. The Balaban J connectivity index is 1.91. The maximum Gasteiger partial charge on any atom is 0.416 e. The van der Waals surface area contributed by atoms with Gasteiger partial charge in [-0.2, -0.15) is 13.2 Å². The van der Waals surface area contributed by atoms with Crippen LogP contribution in [0.3, 0.4) is 0 Å². The number of benzene rings is 3. The predicted molar refractivity (Wildman–Crippen MR) is 167 cm³/mol. The van der Waals surface area contributed by atoms with E-state index in [1.54, 1.807) is 24.3 Å². The molecule has 44 heavy (non-hydrogen) atoms. The minimum Gasteiger partial charge on any atom is -0.350 e. The molecule has 3 aromatic rings. The van der Waals surface area contributed by atoms with Crippen LogP contribution in [0.4, 0.5) is 18.9 Å². The van der Waals surface area contributed by atoms with Crippen LogP contribution in [0.2, 0.25) is 5.02 Å². The maximum atomic E-state index is 13.9. The van der Waals surface area contributed by atoms with Gasteiger partial charge in [-0.1, -0.05) is 60.1 Å². The van der Waals surface area contributed by atoms with Gasteiger partial charge in [0.05, 0.1) is 17.5 Å². The fraction of sp³-hybridized carbons (Fsp3) is 0.375. The van der Waals surface area contributed by atoms with Crippen molar-refractivity contribution in [3.8, 4) is 0 Å². The minimum atomic E-state index is -4.65. The Kier molecular flexibility index (Phi) is 11.5. The number of sulfonamides is 1. The summed E-state index contributed by atoms with van der Waals surface area (Å²) in [6, 6.07) is 19.3. The Morgan fingerprint density at radius 2 is 1.55 bits per heavy atom. The van der Waals surface area contributed by atoms with E-state index >= 15 is 0 Å². The fourth-order valence-electron chi connectivity index (χ4n) is 4.63. The number of anilines is 1. The van der Waals surface area contributed by atoms with Gasteiger partial charge in [0.15, 0.2) is 0 Å². The van der Waals surface area contributed by atoms with Crippen molar-refractivity contribution in [1.82, 2.24) is 10.2 Å². The number of alkyl halides is 3. The number of carbonyl (C=O) groups is 2. The fourth-order valence-corrected chi connectivity index (χ4v) is 5.72. The monoisotopic (exact) mass is 651 g/mol. The summed E-state index contributed by atoms with van der Waals surface area (Å²) in [6.07, 6.45) is -3.69. The molecule has 7 nitrogen and oxygen atoms in total. The third-order valence-electron chi connectivity index (χ3n) is 6.65. The molecule has 0 spiro atoms. The van der Waals surface area contributed by atoms with Gasteiger partial charge in [-0.15, -0.1) is 0 Å². The van der Waals surface area contributed by atoms with Crippen LogP contribution in [0.1, 0.15) is 50.3 Å².